The van der Waals surface area contributed by atoms with Crippen LogP contribution in [0.3, 0.4) is 0 Å². The molecule has 4 rings (SSSR count). The van der Waals surface area contributed by atoms with Crippen molar-refractivity contribution in [3.8, 4) is 11.4 Å². The van der Waals surface area contributed by atoms with Gasteiger partial charge in [0.25, 0.3) is 5.91 Å². The van der Waals surface area contributed by atoms with Gasteiger partial charge in [-0.05, 0) is 49.4 Å². The van der Waals surface area contributed by atoms with Crippen molar-refractivity contribution >= 4 is 11.9 Å². The van der Waals surface area contributed by atoms with Crippen LogP contribution in [0.2, 0.25) is 0 Å². The first kappa shape index (κ1) is 24.5. The van der Waals surface area contributed by atoms with Crippen LogP contribution in [-0.2, 0) is 6.18 Å². The third-order valence-electron chi connectivity index (χ3n) is 6.24. The SMILES string of the molecule is Cc1c(F)ccc(C(=O)N2CCC[C@@H](C)[C@H]2CNc2ncc(C(F)(F)F)cn2)c1-c1ncccn1. The molecule has 3 heterocycles. The molecule has 11 heteroatoms. The van der Waals surface area contributed by atoms with Crippen LogP contribution < -0.4 is 5.32 Å². The Hall–Kier alpha value is -3.63. The van der Waals surface area contributed by atoms with Crippen LogP contribution in [0.1, 0.15) is 41.3 Å². The van der Waals surface area contributed by atoms with Crippen LogP contribution in [-0.4, -0.2) is 49.9 Å². The molecule has 0 spiro atoms. The third kappa shape index (κ3) is 5.23. The highest BCUT2D eigenvalue weighted by atomic mass is 19.4. The van der Waals surface area contributed by atoms with Crippen LogP contribution in [0.5, 0.6) is 0 Å². The Morgan fingerprint density at radius 3 is 2.49 bits per heavy atom. The lowest BCUT2D eigenvalue weighted by atomic mass is 9.89. The number of aromatic nitrogens is 4. The first-order valence-electron chi connectivity index (χ1n) is 11.2. The van der Waals surface area contributed by atoms with Gasteiger partial charge >= 0.3 is 6.18 Å². The van der Waals surface area contributed by atoms with E-state index in [1.54, 1.807) is 17.9 Å². The summed E-state index contributed by atoms with van der Waals surface area (Å²) < 4.78 is 52.8. The van der Waals surface area contributed by atoms with Gasteiger partial charge < -0.3 is 10.2 Å². The number of rotatable bonds is 5. The lowest BCUT2D eigenvalue weighted by Gasteiger charge is -2.40. The van der Waals surface area contributed by atoms with E-state index in [0.29, 0.717) is 17.7 Å². The third-order valence-corrected chi connectivity index (χ3v) is 6.24. The maximum absolute atomic E-state index is 14.4. The molecule has 1 aliphatic rings. The van der Waals surface area contributed by atoms with Gasteiger partial charge in [-0.25, -0.2) is 24.3 Å². The zero-order valence-electron chi connectivity index (χ0n) is 19.2. The van der Waals surface area contributed by atoms with E-state index >= 15 is 0 Å². The molecule has 1 aromatic carbocycles. The highest BCUT2D eigenvalue weighted by Crippen LogP contribution is 2.31. The number of alkyl halides is 3. The number of piperidine rings is 1. The second kappa shape index (κ2) is 9.93. The topological polar surface area (TPSA) is 83.9 Å². The maximum Gasteiger partial charge on any atom is 0.419 e. The number of carbonyl (C=O) groups excluding carboxylic acids is 1. The molecule has 0 aliphatic carbocycles. The average molecular weight is 488 g/mol. The van der Waals surface area contributed by atoms with Gasteiger partial charge in [-0.15, -0.1) is 0 Å². The molecule has 7 nitrogen and oxygen atoms in total. The predicted octanol–water partition coefficient (Wildman–Crippen LogP) is 4.75. The molecule has 1 fully saturated rings. The molecule has 3 aromatic rings. The van der Waals surface area contributed by atoms with Crippen molar-refractivity contribution in [1.82, 2.24) is 24.8 Å². The monoisotopic (exact) mass is 488 g/mol. The number of anilines is 1. The first-order valence-corrected chi connectivity index (χ1v) is 11.2. The lowest BCUT2D eigenvalue weighted by Crippen LogP contribution is -2.51. The van der Waals surface area contributed by atoms with Crippen molar-refractivity contribution in [3.63, 3.8) is 0 Å². The van der Waals surface area contributed by atoms with Gasteiger partial charge in [0.1, 0.15) is 5.82 Å². The molecular weight excluding hydrogens is 464 g/mol. The Morgan fingerprint density at radius 2 is 1.83 bits per heavy atom. The number of nitrogens with one attached hydrogen (secondary N) is 1. The van der Waals surface area contributed by atoms with Crippen LogP contribution in [0.4, 0.5) is 23.5 Å². The van der Waals surface area contributed by atoms with E-state index in [9.17, 15) is 22.4 Å². The summed E-state index contributed by atoms with van der Waals surface area (Å²) in [5, 5.41) is 2.96. The van der Waals surface area contributed by atoms with Crippen molar-refractivity contribution in [2.75, 3.05) is 18.4 Å². The Labute approximate surface area is 199 Å². The largest absolute Gasteiger partial charge is 0.419 e. The summed E-state index contributed by atoms with van der Waals surface area (Å²) in [7, 11) is 0. The summed E-state index contributed by atoms with van der Waals surface area (Å²) in [5.74, 6) is -0.353. The van der Waals surface area contributed by atoms with Gasteiger partial charge in [0.2, 0.25) is 5.95 Å². The second-order valence-corrected chi connectivity index (χ2v) is 8.53. The van der Waals surface area contributed by atoms with E-state index in [4.69, 9.17) is 0 Å². The molecule has 2 atom stereocenters. The molecule has 0 radical (unpaired) electrons. The number of carbonyl (C=O) groups is 1. The van der Waals surface area contributed by atoms with E-state index < -0.39 is 17.6 Å². The molecule has 1 saturated heterocycles. The van der Waals surface area contributed by atoms with Gasteiger partial charge in [-0.2, -0.15) is 13.2 Å². The van der Waals surface area contributed by atoms with Crippen molar-refractivity contribution in [3.05, 3.63) is 65.5 Å². The predicted molar refractivity (Wildman–Crippen MR) is 121 cm³/mol. The highest BCUT2D eigenvalue weighted by Gasteiger charge is 2.35. The van der Waals surface area contributed by atoms with Crippen molar-refractivity contribution in [1.29, 1.82) is 0 Å². The second-order valence-electron chi connectivity index (χ2n) is 8.53. The van der Waals surface area contributed by atoms with Crippen LogP contribution in [0, 0.1) is 18.7 Å². The van der Waals surface area contributed by atoms with Gasteiger partial charge in [0.15, 0.2) is 5.82 Å². The number of benzene rings is 1. The zero-order valence-corrected chi connectivity index (χ0v) is 19.2. The molecule has 0 bridgehead atoms. The summed E-state index contributed by atoms with van der Waals surface area (Å²) in [6.07, 6.45) is 1.64. The van der Waals surface area contributed by atoms with E-state index in [2.05, 4.69) is 25.3 Å². The highest BCUT2D eigenvalue weighted by molar-refractivity contribution is 6.01. The molecule has 0 unspecified atom stereocenters. The molecule has 1 amide bonds. The molecule has 35 heavy (non-hydrogen) atoms. The fourth-order valence-electron chi connectivity index (χ4n) is 4.31. The Bertz CT molecular complexity index is 1190. The summed E-state index contributed by atoms with van der Waals surface area (Å²) in [5.41, 5.74) is -0.0280. The number of nitrogens with zero attached hydrogens (tertiary/aromatic N) is 5. The van der Waals surface area contributed by atoms with Crippen molar-refractivity contribution in [2.45, 2.75) is 38.9 Å². The molecule has 184 valence electrons. The van der Waals surface area contributed by atoms with E-state index in [1.165, 1.54) is 24.5 Å². The molecule has 0 saturated carbocycles. The van der Waals surface area contributed by atoms with Crippen LogP contribution in [0.15, 0.2) is 43.0 Å². The molecule has 1 aliphatic heterocycles. The number of hydrogen-bond donors (Lipinski definition) is 1. The van der Waals surface area contributed by atoms with Gasteiger partial charge in [0.05, 0.1) is 17.2 Å². The molecule has 1 N–H and O–H groups in total. The van der Waals surface area contributed by atoms with E-state index in [-0.39, 0.29) is 41.7 Å². The normalized spacial score (nSPS) is 18.4. The van der Waals surface area contributed by atoms with Gasteiger partial charge in [0, 0.05) is 43.4 Å². The smallest absolute Gasteiger partial charge is 0.352 e. The standard InChI is InChI=1S/C24H24F4N6O/c1-14-5-3-10-34(19(14)13-33-23-31-11-16(12-32-23)24(26,27)28)22(35)17-6-7-18(25)15(2)20(17)21-29-8-4-9-30-21/h4,6-9,11-12,14,19H,3,5,10,13H2,1-2H3,(H,31,32,33)/t14-,19-/m1/s1. The van der Waals surface area contributed by atoms with Crippen molar-refractivity contribution < 1.29 is 22.4 Å². The zero-order chi connectivity index (χ0) is 25.2. The fourth-order valence-corrected chi connectivity index (χ4v) is 4.31. The van der Waals surface area contributed by atoms with E-state index in [0.717, 1.165) is 25.2 Å². The van der Waals surface area contributed by atoms with Crippen molar-refractivity contribution in [2.24, 2.45) is 5.92 Å². The summed E-state index contributed by atoms with van der Waals surface area (Å²) in [6, 6.07) is 4.05. The van der Waals surface area contributed by atoms with Crippen LogP contribution >= 0.6 is 0 Å². The lowest BCUT2D eigenvalue weighted by molar-refractivity contribution is -0.138. The number of likely N-dealkylation sites (tertiary alicyclic amines) is 1. The quantitative estimate of drug-likeness (QED) is 0.522. The summed E-state index contributed by atoms with van der Waals surface area (Å²) in [6.45, 7) is 4.32. The average Bonchev–Trinajstić information content (AvgIpc) is 2.84. The molecule has 2 aromatic heterocycles. The Balaban J connectivity index is 1.60. The maximum atomic E-state index is 14.4. The van der Waals surface area contributed by atoms with E-state index in [1.807, 2.05) is 6.92 Å². The van der Waals surface area contributed by atoms with Gasteiger partial charge in [-0.1, -0.05) is 6.92 Å². The minimum atomic E-state index is -4.52. The number of hydrogen-bond acceptors (Lipinski definition) is 6. The summed E-state index contributed by atoms with van der Waals surface area (Å²) >= 11 is 0. The minimum absolute atomic E-state index is 0.0409. The minimum Gasteiger partial charge on any atom is -0.352 e. The number of halogens is 4. The number of amides is 1. The van der Waals surface area contributed by atoms with Gasteiger partial charge in [-0.3, -0.25) is 4.79 Å². The summed E-state index contributed by atoms with van der Waals surface area (Å²) in [4.78, 5) is 31.4. The Morgan fingerprint density at radius 1 is 1.14 bits per heavy atom. The molecular formula is C24H24F4N6O. The van der Waals surface area contributed by atoms with Crippen LogP contribution in [0.25, 0.3) is 11.4 Å². The Kier molecular flexibility index (Phi) is 6.95. The fraction of sp³-hybridized carbons (Fsp3) is 0.375. The first-order chi connectivity index (χ1) is 16.7.